The van der Waals surface area contributed by atoms with Gasteiger partial charge in [0.15, 0.2) is 0 Å². The van der Waals surface area contributed by atoms with Crippen LogP contribution in [0.25, 0.3) is 0 Å². The molecule has 0 bridgehead atoms. The summed E-state index contributed by atoms with van der Waals surface area (Å²) >= 11 is 0. The van der Waals surface area contributed by atoms with Crippen LogP contribution in [0.3, 0.4) is 0 Å². The van der Waals surface area contributed by atoms with Gasteiger partial charge in [0.1, 0.15) is 0 Å². The topological polar surface area (TPSA) is 49.6 Å². The molecule has 1 aromatic rings. The van der Waals surface area contributed by atoms with E-state index in [1.807, 2.05) is 12.1 Å². The summed E-state index contributed by atoms with van der Waals surface area (Å²) in [6, 6.07) is 8.28. The first-order chi connectivity index (χ1) is 9.15. The molecule has 1 unspecified atom stereocenters. The zero-order valence-electron chi connectivity index (χ0n) is 11.2. The Kier molecular flexibility index (Phi) is 3.14. The van der Waals surface area contributed by atoms with Crippen molar-refractivity contribution < 1.29 is 4.92 Å². The monoisotopic (exact) mass is 261 g/mol. The van der Waals surface area contributed by atoms with E-state index in [2.05, 4.69) is 16.7 Å². The van der Waals surface area contributed by atoms with E-state index >= 15 is 0 Å². The maximum absolute atomic E-state index is 10.7. The summed E-state index contributed by atoms with van der Waals surface area (Å²) in [7, 11) is 0. The SMILES string of the molecule is CC1CN(c2ccc([N+](=O)[O-])cc2)CCN1C1CC1. The quantitative estimate of drug-likeness (QED) is 0.618. The summed E-state index contributed by atoms with van der Waals surface area (Å²) in [5.41, 5.74) is 1.25. The van der Waals surface area contributed by atoms with Crippen LogP contribution < -0.4 is 4.90 Å². The first-order valence-corrected chi connectivity index (χ1v) is 6.90. The third-order valence-corrected chi connectivity index (χ3v) is 4.12. The van der Waals surface area contributed by atoms with Crippen LogP contribution in [0.2, 0.25) is 0 Å². The second-order valence-electron chi connectivity index (χ2n) is 5.54. The van der Waals surface area contributed by atoms with E-state index in [9.17, 15) is 10.1 Å². The molecule has 1 aliphatic heterocycles. The molecule has 2 fully saturated rings. The largest absolute Gasteiger partial charge is 0.369 e. The molecule has 2 aliphatic rings. The van der Waals surface area contributed by atoms with Gasteiger partial charge in [-0.25, -0.2) is 0 Å². The van der Waals surface area contributed by atoms with Crippen molar-refractivity contribution >= 4 is 11.4 Å². The van der Waals surface area contributed by atoms with Crippen molar-refractivity contribution in [2.75, 3.05) is 24.5 Å². The zero-order chi connectivity index (χ0) is 13.4. The van der Waals surface area contributed by atoms with Crippen molar-refractivity contribution in [1.82, 2.24) is 4.90 Å². The van der Waals surface area contributed by atoms with E-state index in [0.717, 1.165) is 31.4 Å². The van der Waals surface area contributed by atoms with Gasteiger partial charge < -0.3 is 4.90 Å². The van der Waals surface area contributed by atoms with E-state index in [0.29, 0.717) is 6.04 Å². The lowest BCUT2D eigenvalue weighted by molar-refractivity contribution is -0.384. The van der Waals surface area contributed by atoms with Crippen LogP contribution >= 0.6 is 0 Å². The van der Waals surface area contributed by atoms with Gasteiger partial charge in [0.2, 0.25) is 0 Å². The number of benzene rings is 1. The maximum atomic E-state index is 10.7. The number of hydrogen-bond donors (Lipinski definition) is 0. The smallest absolute Gasteiger partial charge is 0.269 e. The molecule has 0 radical (unpaired) electrons. The van der Waals surface area contributed by atoms with Crippen LogP contribution in [0.1, 0.15) is 19.8 Å². The molecule has 0 N–H and O–H groups in total. The predicted octanol–water partition coefficient (Wildman–Crippen LogP) is 2.27. The molecule has 1 atom stereocenters. The van der Waals surface area contributed by atoms with Gasteiger partial charge >= 0.3 is 0 Å². The van der Waals surface area contributed by atoms with Gasteiger partial charge in [-0.2, -0.15) is 0 Å². The number of rotatable bonds is 3. The van der Waals surface area contributed by atoms with Gasteiger partial charge in [0.05, 0.1) is 4.92 Å². The third-order valence-electron chi connectivity index (χ3n) is 4.12. The minimum atomic E-state index is -0.350. The highest BCUT2D eigenvalue weighted by molar-refractivity contribution is 5.51. The van der Waals surface area contributed by atoms with Crippen molar-refractivity contribution in [1.29, 1.82) is 0 Å². The fraction of sp³-hybridized carbons (Fsp3) is 0.571. The molecule has 3 rings (SSSR count). The summed E-state index contributed by atoms with van der Waals surface area (Å²) in [5, 5.41) is 10.7. The highest BCUT2D eigenvalue weighted by Gasteiger charge is 2.35. The van der Waals surface area contributed by atoms with Crippen LogP contribution in [-0.4, -0.2) is 41.5 Å². The number of nitro groups is 1. The minimum Gasteiger partial charge on any atom is -0.369 e. The van der Waals surface area contributed by atoms with E-state index in [1.165, 1.54) is 12.8 Å². The number of hydrogen-bond acceptors (Lipinski definition) is 4. The normalized spacial score (nSPS) is 24.5. The second-order valence-corrected chi connectivity index (χ2v) is 5.54. The lowest BCUT2D eigenvalue weighted by Crippen LogP contribution is -2.52. The van der Waals surface area contributed by atoms with Crippen LogP contribution in [0, 0.1) is 10.1 Å². The standard InChI is InChI=1S/C14H19N3O2/c1-11-10-15(8-9-16(11)13-4-5-13)12-2-6-14(7-3-12)17(18)19/h2-3,6-7,11,13H,4-5,8-10H2,1H3. The van der Waals surface area contributed by atoms with E-state index in [4.69, 9.17) is 0 Å². The second kappa shape index (κ2) is 4.81. The van der Waals surface area contributed by atoms with Gasteiger partial charge in [-0.05, 0) is 31.9 Å². The molecular weight excluding hydrogens is 242 g/mol. The first-order valence-electron chi connectivity index (χ1n) is 6.90. The molecule has 1 aromatic carbocycles. The Morgan fingerprint density at radius 1 is 1.21 bits per heavy atom. The molecule has 0 spiro atoms. The number of nitrogens with zero attached hydrogens (tertiary/aromatic N) is 3. The fourth-order valence-electron chi connectivity index (χ4n) is 2.94. The fourth-order valence-corrected chi connectivity index (χ4v) is 2.94. The average molecular weight is 261 g/mol. The van der Waals surface area contributed by atoms with Crippen molar-refractivity contribution in [2.45, 2.75) is 31.8 Å². The first kappa shape index (κ1) is 12.4. The summed E-state index contributed by atoms with van der Waals surface area (Å²) in [5.74, 6) is 0. The van der Waals surface area contributed by atoms with E-state index < -0.39 is 0 Å². The molecule has 0 amide bonds. The van der Waals surface area contributed by atoms with Gasteiger partial charge in [0, 0.05) is 49.5 Å². The molecule has 1 heterocycles. The van der Waals surface area contributed by atoms with Gasteiger partial charge in [-0.1, -0.05) is 0 Å². The Morgan fingerprint density at radius 2 is 1.89 bits per heavy atom. The van der Waals surface area contributed by atoms with E-state index in [1.54, 1.807) is 12.1 Å². The van der Waals surface area contributed by atoms with Crippen molar-refractivity contribution in [2.24, 2.45) is 0 Å². The molecule has 0 aromatic heterocycles. The molecule has 5 heteroatoms. The van der Waals surface area contributed by atoms with Crippen LogP contribution in [0.4, 0.5) is 11.4 Å². The molecule has 5 nitrogen and oxygen atoms in total. The third kappa shape index (κ3) is 2.56. The molecule has 1 aliphatic carbocycles. The average Bonchev–Trinajstić information content (AvgIpc) is 3.23. The number of nitro benzene ring substituents is 1. The molecule has 1 saturated heterocycles. The highest BCUT2D eigenvalue weighted by atomic mass is 16.6. The highest BCUT2D eigenvalue weighted by Crippen LogP contribution is 2.31. The van der Waals surface area contributed by atoms with Crippen molar-refractivity contribution in [3.05, 3.63) is 34.4 Å². The zero-order valence-corrected chi connectivity index (χ0v) is 11.2. The Bertz CT molecular complexity index is 470. The van der Waals surface area contributed by atoms with Gasteiger partial charge in [-0.15, -0.1) is 0 Å². The summed E-state index contributed by atoms with van der Waals surface area (Å²) in [4.78, 5) is 15.2. The Labute approximate surface area is 113 Å². The number of non-ortho nitro benzene ring substituents is 1. The predicted molar refractivity (Wildman–Crippen MR) is 74.5 cm³/mol. The molecule has 19 heavy (non-hydrogen) atoms. The van der Waals surface area contributed by atoms with Crippen molar-refractivity contribution in [3.63, 3.8) is 0 Å². The Balaban J connectivity index is 1.67. The number of piperazine rings is 1. The van der Waals surface area contributed by atoms with E-state index in [-0.39, 0.29) is 10.6 Å². The minimum absolute atomic E-state index is 0.161. The summed E-state index contributed by atoms with van der Waals surface area (Å²) in [6.45, 7) is 5.39. The van der Waals surface area contributed by atoms with Gasteiger partial charge in [0.25, 0.3) is 5.69 Å². The Hall–Kier alpha value is -1.62. The molecule has 1 saturated carbocycles. The molecule has 102 valence electrons. The van der Waals surface area contributed by atoms with Gasteiger partial charge in [-0.3, -0.25) is 15.0 Å². The molecular formula is C14H19N3O2. The summed E-state index contributed by atoms with van der Waals surface area (Å²) < 4.78 is 0. The summed E-state index contributed by atoms with van der Waals surface area (Å²) in [6.07, 6.45) is 2.70. The van der Waals surface area contributed by atoms with Crippen LogP contribution in [0.15, 0.2) is 24.3 Å². The van der Waals surface area contributed by atoms with Crippen LogP contribution in [-0.2, 0) is 0 Å². The maximum Gasteiger partial charge on any atom is 0.269 e. The lowest BCUT2D eigenvalue weighted by atomic mass is 10.1. The number of anilines is 1. The van der Waals surface area contributed by atoms with Crippen LogP contribution in [0.5, 0.6) is 0 Å². The Morgan fingerprint density at radius 3 is 2.42 bits per heavy atom. The lowest BCUT2D eigenvalue weighted by Gasteiger charge is -2.41. The van der Waals surface area contributed by atoms with Crippen molar-refractivity contribution in [3.8, 4) is 0 Å².